The van der Waals surface area contributed by atoms with Gasteiger partial charge >= 0.3 is 5.97 Å². The number of aromatic nitrogens is 2. The van der Waals surface area contributed by atoms with Gasteiger partial charge in [0.05, 0.1) is 11.7 Å². The van der Waals surface area contributed by atoms with Crippen molar-refractivity contribution >= 4 is 27.8 Å². The number of nitrogens with one attached hydrogen (secondary N) is 1. The molecule has 96 valence electrons. The van der Waals surface area contributed by atoms with Crippen LogP contribution in [0.1, 0.15) is 5.56 Å². The summed E-state index contributed by atoms with van der Waals surface area (Å²) in [5, 5.41) is 11.0. The van der Waals surface area contributed by atoms with Crippen molar-refractivity contribution in [3.05, 3.63) is 42.2 Å². The Labute approximate surface area is 109 Å². The van der Waals surface area contributed by atoms with Crippen LogP contribution in [-0.4, -0.2) is 27.1 Å². The molecule has 0 spiro atoms. The molecule has 2 aromatic heterocycles. The third kappa shape index (κ3) is 2.04. The fourth-order valence-electron chi connectivity index (χ4n) is 2.27. The number of hydrogen-bond donors (Lipinski definition) is 3. The summed E-state index contributed by atoms with van der Waals surface area (Å²) in [6.45, 7) is 0. The maximum absolute atomic E-state index is 10.8. The molecule has 0 amide bonds. The van der Waals surface area contributed by atoms with E-state index >= 15 is 0 Å². The molecule has 2 heterocycles. The molecule has 0 saturated heterocycles. The van der Waals surface area contributed by atoms with Gasteiger partial charge in [-0.15, -0.1) is 0 Å². The Balaban J connectivity index is 2.09. The zero-order valence-electron chi connectivity index (χ0n) is 10.1. The van der Waals surface area contributed by atoms with Crippen molar-refractivity contribution in [2.45, 2.75) is 12.5 Å². The third-order valence-electron chi connectivity index (χ3n) is 3.24. The lowest BCUT2D eigenvalue weighted by atomic mass is 10.0. The number of aromatic amines is 1. The summed E-state index contributed by atoms with van der Waals surface area (Å²) >= 11 is 0. The summed E-state index contributed by atoms with van der Waals surface area (Å²) in [6, 6.07) is 6.89. The van der Waals surface area contributed by atoms with Crippen LogP contribution >= 0.6 is 0 Å². The van der Waals surface area contributed by atoms with Crippen molar-refractivity contribution in [3.63, 3.8) is 0 Å². The van der Waals surface area contributed by atoms with Crippen molar-refractivity contribution in [1.82, 2.24) is 9.97 Å². The second kappa shape index (κ2) is 4.37. The van der Waals surface area contributed by atoms with E-state index in [1.807, 2.05) is 24.3 Å². The average molecular weight is 255 g/mol. The summed E-state index contributed by atoms with van der Waals surface area (Å²) in [5.41, 5.74) is 8.46. The van der Waals surface area contributed by atoms with Crippen LogP contribution in [-0.2, 0) is 11.2 Å². The lowest BCUT2D eigenvalue weighted by Crippen LogP contribution is -2.32. The number of pyridine rings is 1. The van der Waals surface area contributed by atoms with Crippen molar-refractivity contribution < 1.29 is 9.90 Å². The molecule has 0 aliphatic heterocycles. The highest BCUT2D eigenvalue weighted by atomic mass is 16.4. The van der Waals surface area contributed by atoms with E-state index in [0.29, 0.717) is 6.42 Å². The third-order valence-corrected chi connectivity index (χ3v) is 3.24. The molecule has 3 rings (SSSR count). The lowest BCUT2D eigenvalue weighted by Gasteiger charge is -2.06. The van der Waals surface area contributed by atoms with Gasteiger partial charge in [-0.05, 0) is 30.2 Å². The molecule has 3 aromatic rings. The van der Waals surface area contributed by atoms with E-state index in [9.17, 15) is 4.79 Å². The highest BCUT2D eigenvalue weighted by Crippen LogP contribution is 2.25. The van der Waals surface area contributed by atoms with Gasteiger partial charge in [-0.2, -0.15) is 0 Å². The molecule has 4 N–H and O–H groups in total. The minimum Gasteiger partial charge on any atom is -0.480 e. The van der Waals surface area contributed by atoms with Gasteiger partial charge in [-0.1, -0.05) is 6.07 Å². The Morgan fingerprint density at radius 1 is 1.32 bits per heavy atom. The summed E-state index contributed by atoms with van der Waals surface area (Å²) in [4.78, 5) is 18.1. The molecule has 0 aliphatic rings. The molecule has 1 aromatic carbocycles. The quantitative estimate of drug-likeness (QED) is 0.663. The van der Waals surface area contributed by atoms with Crippen LogP contribution in [0, 0.1) is 0 Å². The second-order valence-corrected chi connectivity index (χ2v) is 4.58. The fourth-order valence-corrected chi connectivity index (χ4v) is 2.27. The fraction of sp³-hybridized carbons (Fsp3) is 0.143. The first-order valence-corrected chi connectivity index (χ1v) is 5.98. The topological polar surface area (TPSA) is 92.0 Å². The van der Waals surface area contributed by atoms with E-state index < -0.39 is 12.0 Å². The minimum atomic E-state index is -0.983. The summed E-state index contributed by atoms with van der Waals surface area (Å²) < 4.78 is 0. The molecule has 5 heteroatoms. The predicted octanol–water partition coefficient (Wildman–Crippen LogP) is 1.67. The smallest absolute Gasteiger partial charge is 0.320 e. The number of fused-ring (bicyclic) bond motifs is 3. The van der Waals surface area contributed by atoms with Crippen molar-refractivity contribution in [1.29, 1.82) is 0 Å². The first-order chi connectivity index (χ1) is 9.15. The van der Waals surface area contributed by atoms with Gasteiger partial charge in [0, 0.05) is 22.5 Å². The molecular formula is C14H13N3O2. The monoisotopic (exact) mass is 255 g/mol. The van der Waals surface area contributed by atoms with Crippen LogP contribution in [0.15, 0.2) is 36.7 Å². The molecule has 0 bridgehead atoms. The summed E-state index contributed by atoms with van der Waals surface area (Å²) in [7, 11) is 0. The molecule has 1 atom stereocenters. The summed E-state index contributed by atoms with van der Waals surface area (Å²) in [5.74, 6) is -0.983. The van der Waals surface area contributed by atoms with Gasteiger partial charge in [0.15, 0.2) is 0 Å². The van der Waals surface area contributed by atoms with Crippen LogP contribution in [0.25, 0.3) is 21.8 Å². The molecule has 1 unspecified atom stereocenters. The average Bonchev–Trinajstić information content (AvgIpc) is 2.76. The zero-order chi connectivity index (χ0) is 13.4. The summed E-state index contributed by atoms with van der Waals surface area (Å²) in [6.07, 6.45) is 3.84. The zero-order valence-corrected chi connectivity index (χ0v) is 10.1. The SMILES string of the molecule is NC(Cc1ccc2[nH]c3cnccc3c2c1)C(=O)O. The van der Waals surface area contributed by atoms with Crippen LogP contribution in [0.2, 0.25) is 0 Å². The van der Waals surface area contributed by atoms with E-state index in [4.69, 9.17) is 10.8 Å². The molecule has 0 fully saturated rings. The maximum atomic E-state index is 10.8. The highest BCUT2D eigenvalue weighted by Gasteiger charge is 2.13. The number of benzene rings is 1. The Morgan fingerprint density at radius 3 is 2.95 bits per heavy atom. The minimum absolute atomic E-state index is 0.322. The van der Waals surface area contributed by atoms with E-state index in [2.05, 4.69) is 9.97 Å². The van der Waals surface area contributed by atoms with Crippen LogP contribution in [0.3, 0.4) is 0 Å². The van der Waals surface area contributed by atoms with E-state index in [1.165, 1.54) is 0 Å². The van der Waals surface area contributed by atoms with Crippen molar-refractivity contribution in [3.8, 4) is 0 Å². The van der Waals surface area contributed by atoms with E-state index in [0.717, 1.165) is 27.4 Å². The first kappa shape index (κ1) is 11.7. The van der Waals surface area contributed by atoms with Gasteiger partial charge < -0.3 is 15.8 Å². The standard InChI is InChI=1S/C14H13N3O2/c15-11(14(18)19)6-8-1-2-12-10(5-8)9-3-4-16-7-13(9)17-12/h1-5,7,11,17H,6,15H2,(H,18,19). The number of carboxylic acid groups (broad SMARTS) is 1. The number of rotatable bonds is 3. The highest BCUT2D eigenvalue weighted by molar-refractivity contribution is 6.07. The lowest BCUT2D eigenvalue weighted by molar-refractivity contribution is -0.138. The van der Waals surface area contributed by atoms with Crippen LogP contribution in [0.5, 0.6) is 0 Å². The Hall–Kier alpha value is -2.40. The first-order valence-electron chi connectivity index (χ1n) is 5.98. The van der Waals surface area contributed by atoms with Gasteiger partial charge in [0.2, 0.25) is 0 Å². The molecule has 0 aliphatic carbocycles. The van der Waals surface area contributed by atoms with E-state index in [1.54, 1.807) is 12.4 Å². The molecule has 0 radical (unpaired) electrons. The van der Waals surface area contributed by atoms with Crippen LogP contribution in [0.4, 0.5) is 0 Å². The van der Waals surface area contributed by atoms with Gasteiger partial charge in [0.25, 0.3) is 0 Å². The number of carboxylic acids is 1. The Bertz CT molecular complexity index is 764. The van der Waals surface area contributed by atoms with Gasteiger partial charge in [0.1, 0.15) is 6.04 Å². The van der Waals surface area contributed by atoms with E-state index in [-0.39, 0.29) is 0 Å². The number of carbonyl (C=O) groups is 1. The Morgan fingerprint density at radius 2 is 2.16 bits per heavy atom. The maximum Gasteiger partial charge on any atom is 0.320 e. The van der Waals surface area contributed by atoms with Crippen molar-refractivity contribution in [2.75, 3.05) is 0 Å². The van der Waals surface area contributed by atoms with Gasteiger partial charge in [-0.25, -0.2) is 0 Å². The normalized spacial score (nSPS) is 12.9. The number of hydrogen-bond acceptors (Lipinski definition) is 3. The number of aliphatic carboxylic acids is 1. The molecular weight excluding hydrogens is 242 g/mol. The second-order valence-electron chi connectivity index (χ2n) is 4.58. The largest absolute Gasteiger partial charge is 0.480 e. The van der Waals surface area contributed by atoms with Crippen molar-refractivity contribution in [2.24, 2.45) is 5.73 Å². The number of nitrogens with zero attached hydrogens (tertiary/aromatic N) is 1. The molecule has 19 heavy (non-hydrogen) atoms. The van der Waals surface area contributed by atoms with Gasteiger partial charge in [-0.3, -0.25) is 9.78 Å². The Kier molecular flexibility index (Phi) is 2.68. The predicted molar refractivity (Wildman–Crippen MR) is 72.9 cm³/mol. The van der Waals surface area contributed by atoms with Crippen LogP contribution < -0.4 is 5.73 Å². The molecule has 0 saturated carbocycles. The number of H-pyrrole nitrogens is 1. The number of nitrogens with two attached hydrogens (primary N) is 1. The molecule has 5 nitrogen and oxygen atoms in total.